The number of hydrogen-bond acceptors (Lipinski definition) is 2. The van der Waals surface area contributed by atoms with Gasteiger partial charge in [0.15, 0.2) is 5.96 Å². The van der Waals surface area contributed by atoms with E-state index in [-0.39, 0.29) is 11.8 Å². The van der Waals surface area contributed by atoms with E-state index in [4.69, 9.17) is 5.73 Å². The predicted molar refractivity (Wildman–Crippen MR) is 100 cm³/mol. The van der Waals surface area contributed by atoms with Crippen LogP contribution >= 0.6 is 0 Å². The highest BCUT2D eigenvalue weighted by Gasteiger charge is 2.24. The molecule has 0 aliphatic heterocycles. The largest absolute Gasteiger partial charge is 0.370 e. The smallest absolute Gasteiger partial charge is 0.223 e. The maximum atomic E-state index is 11.7. The molecule has 1 aliphatic rings. The third-order valence-corrected chi connectivity index (χ3v) is 4.64. The Balaban J connectivity index is 1.78. The number of para-hydroxylation sites is 1. The van der Waals surface area contributed by atoms with Crippen molar-refractivity contribution in [3.05, 3.63) is 29.3 Å². The molecule has 1 aromatic carbocycles. The van der Waals surface area contributed by atoms with Crippen LogP contribution in [0.15, 0.2) is 23.2 Å². The van der Waals surface area contributed by atoms with Crippen molar-refractivity contribution in [2.24, 2.45) is 16.6 Å². The molecule has 1 aromatic rings. The van der Waals surface area contributed by atoms with Gasteiger partial charge in [0.1, 0.15) is 0 Å². The lowest BCUT2D eigenvalue weighted by molar-refractivity contribution is -0.127. The van der Waals surface area contributed by atoms with Crippen LogP contribution in [0.5, 0.6) is 0 Å². The summed E-state index contributed by atoms with van der Waals surface area (Å²) in [6.45, 7) is 5.55. The van der Waals surface area contributed by atoms with Gasteiger partial charge in [0.25, 0.3) is 0 Å². The maximum Gasteiger partial charge on any atom is 0.223 e. The third-order valence-electron chi connectivity index (χ3n) is 4.64. The molecule has 0 unspecified atom stereocenters. The lowest BCUT2D eigenvalue weighted by Crippen LogP contribution is -2.35. The van der Waals surface area contributed by atoms with Gasteiger partial charge >= 0.3 is 0 Å². The fraction of sp³-hybridized carbons (Fsp3) is 0.579. The number of guanidine groups is 1. The van der Waals surface area contributed by atoms with E-state index in [0.29, 0.717) is 19.0 Å². The highest BCUT2D eigenvalue weighted by Crippen LogP contribution is 2.26. The van der Waals surface area contributed by atoms with Crippen molar-refractivity contribution in [2.45, 2.75) is 52.4 Å². The summed E-state index contributed by atoms with van der Waals surface area (Å²) in [5.41, 5.74) is 9.61. The molecule has 1 fully saturated rings. The van der Waals surface area contributed by atoms with Crippen LogP contribution in [0.25, 0.3) is 0 Å². The van der Waals surface area contributed by atoms with Gasteiger partial charge in [0.05, 0.1) is 0 Å². The molecular formula is C19H30N4O. The van der Waals surface area contributed by atoms with E-state index in [0.717, 1.165) is 37.8 Å². The molecule has 0 radical (unpaired) electrons. The van der Waals surface area contributed by atoms with Crippen molar-refractivity contribution in [3.63, 3.8) is 0 Å². The van der Waals surface area contributed by atoms with Crippen LogP contribution in [0.1, 0.15) is 50.7 Å². The van der Waals surface area contributed by atoms with Gasteiger partial charge in [0, 0.05) is 24.7 Å². The quantitative estimate of drug-likeness (QED) is 0.389. The summed E-state index contributed by atoms with van der Waals surface area (Å²) in [7, 11) is 0. The second kappa shape index (κ2) is 9.30. The summed E-state index contributed by atoms with van der Waals surface area (Å²) in [6.07, 6.45) is 5.97. The number of aliphatic imine (C=N–C) groups is 1. The molecule has 2 rings (SSSR count). The highest BCUT2D eigenvalue weighted by atomic mass is 16.1. The summed E-state index contributed by atoms with van der Waals surface area (Å²) in [6, 6.07) is 6.32. The molecule has 0 atom stereocenters. The number of nitrogens with zero attached hydrogens (tertiary/aromatic N) is 1. The first kappa shape index (κ1) is 18.3. The minimum Gasteiger partial charge on any atom is -0.370 e. The van der Waals surface area contributed by atoms with E-state index in [2.05, 4.69) is 47.7 Å². The van der Waals surface area contributed by atoms with Gasteiger partial charge < -0.3 is 16.4 Å². The molecule has 0 saturated heterocycles. The highest BCUT2D eigenvalue weighted by molar-refractivity contribution is 5.93. The molecule has 0 heterocycles. The van der Waals surface area contributed by atoms with Crippen molar-refractivity contribution in [1.82, 2.24) is 5.32 Å². The summed E-state index contributed by atoms with van der Waals surface area (Å²) in [5, 5.41) is 6.23. The standard InChI is InChI=1S/C19H30N4O/c1-3-14-8-5-9-15(4-2)17(14)23-19(20)22-13-7-12-21-18(24)16-10-6-11-16/h5,8-9,16H,3-4,6-7,10-13H2,1-2H3,(H,21,24)(H3,20,22,23). The fourth-order valence-electron chi connectivity index (χ4n) is 2.88. The van der Waals surface area contributed by atoms with Gasteiger partial charge in [-0.15, -0.1) is 0 Å². The van der Waals surface area contributed by atoms with Crippen LogP contribution < -0.4 is 16.4 Å². The second-order valence-electron chi connectivity index (χ2n) is 6.32. The molecule has 1 aliphatic carbocycles. The fourth-order valence-corrected chi connectivity index (χ4v) is 2.88. The molecule has 0 spiro atoms. The van der Waals surface area contributed by atoms with Crippen molar-refractivity contribution in [3.8, 4) is 0 Å². The SMILES string of the molecule is CCc1cccc(CC)c1NC(N)=NCCCNC(=O)C1CCC1. The zero-order valence-corrected chi connectivity index (χ0v) is 14.9. The number of anilines is 1. The number of rotatable bonds is 8. The summed E-state index contributed by atoms with van der Waals surface area (Å²) in [5.74, 6) is 0.884. The topological polar surface area (TPSA) is 79.5 Å². The van der Waals surface area contributed by atoms with Gasteiger partial charge in [0.2, 0.25) is 5.91 Å². The molecular weight excluding hydrogens is 300 g/mol. The van der Waals surface area contributed by atoms with Gasteiger partial charge in [-0.05, 0) is 43.2 Å². The average Bonchev–Trinajstić information content (AvgIpc) is 2.53. The summed E-state index contributed by atoms with van der Waals surface area (Å²) >= 11 is 0. The van der Waals surface area contributed by atoms with Crippen LogP contribution in [-0.4, -0.2) is 25.0 Å². The average molecular weight is 330 g/mol. The minimum atomic E-state index is 0.195. The van der Waals surface area contributed by atoms with E-state index in [1.54, 1.807) is 0 Å². The van der Waals surface area contributed by atoms with Crippen LogP contribution in [0.4, 0.5) is 5.69 Å². The molecule has 5 heteroatoms. The number of carbonyl (C=O) groups is 1. The van der Waals surface area contributed by atoms with Gasteiger partial charge in [-0.25, -0.2) is 0 Å². The van der Waals surface area contributed by atoms with Gasteiger partial charge in [-0.3, -0.25) is 9.79 Å². The Bertz CT molecular complexity index is 556. The Morgan fingerprint density at radius 2 is 1.92 bits per heavy atom. The van der Waals surface area contributed by atoms with Crippen LogP contribution in [0, 0.1) is 5.92 Å². The number of benzene rings is 1. The first-order chi connectivity index (χ1) is 11.7. The number of hydrogen-bond donors (Lipinski definition) is 3. The Morgan fingerprint density at radius 3 is 2.46 bits per heavy atom. The zero-order chi connectivity index (χ0) is 17.4. The minimum absolute atomic E-state index is 0.195. The number of nitrogens with one attached hydrogen (secondary N) is 2. The second-order valence-corrected chi connectivity index (χ2v) is 6.32. The molecule has 4 N–H and O–H groups in total. The summed E-state index contributed by atoms with van der Waals surface area (Å²) < 4.78 is 0. The first-order valence-corrected chi connectivity index (χ1v) is 9.11. The normalized spacial score (nSPS) is 15.0. The van der Waals surface area contributed by atoms with E-state index in [1.165, 1.54) is 17.5 Å². The van der Waals surface area contributed by atoms with Crippen LogP contribution in [0.2, 0.25) is 0 Å². The lowest BCUT2D eigenvalue weighted by Gasteiger charge is -2.23. The Kier molecular flexibility index (Phi) is 7.09. The molecule has 132 valence electrons. The van der Waals surface area contributed by atoms with Crippen molar-refractivity contribution in [2.75, 3.05) is 18.4 Å². The van der Waals surface area contributed by atoms with Crippen molar-refractivity contribution >= 4 is 17.6 Å². The van der Waals surface area contributed by atoms with Gasteiger partial charge in [-0.2, -0.15) is 0 Å². The van der Waals surface area contributed by atoms with Crippen LogP contribution in [0.3, 0.4) is 0 Å². The van der Waals surface area contributed by atoms with E-state index >= 15 is 0 Å². The third kappa shape index (κ3) is 4.98. The van der Waals surface area contributed by atoms with Gasteiger partial charge in [-0.1, -0.05) is 38.5 Å². The van der Waals surface area contributed by atoms with E-state index < -0.39 is 0 Å². The summed E-state index contributed by atoms with van der Waals surface area (Å²) in [4.78, 5) is 16.1. The molecule has 0 bridgehead atoms. The first-order valence-electron chi connectivity index (χ1n) is 9.11. The van der Waals surface area contributed by atoms with Crippen molar-refractivity contribution in [1.29, 1.82) is 0 Å². The Labute approximate surface area is 145 Å². The van der Waals surface area contributed by atoms with Crippen molar-refractivity contribution < 1.29 is 4.79 Å². The number of amides is 1. The maximum absolute atomic E-state index is 11.7. The molecule has 0 aromatic heterocycles. The molecule has 1 amide bonds. The predicted octanol–water partition coefficient (Wildman–Crippen LogP) is 2.84. The number of carbonyl (C=O) groups excluding carboxylic acids is 1. The van der Waals surface area contributed by atoms with E-state index in [9.17, 15) is 4.79 Å². The Morgan fingerprint density at radius 1 is 1.25 bits per heavy atom. The monoisotopic (exact) mass is 330 g/mol. The van der Waals surface area contributed by atoms with E-state index in [1.807, 2.05) is 0 Å². The number of aryl methyl sites for hydroxylation is 2. The van der Waals surface area contributed by atoms with Crippen LogP contribution in [-0.2, 0) is 17.6 Å². The molecule has 1 saturated carbocycles. The lowest BCUT2D eigenvalue weighted by atomic mass is 9.85. The number of nitrogens with two attached hydrogens (primary N) is 1. The zero-order valence-electron chi connectivity index (χ0n) is 14.9. The molecule has 24 heavy (non-hydrogen) atoms. The Hall–Kier alpha value is -2.04. The molecule has 5 nitrogen and oxygen atoms in total.